The van der Waals surface area contributed by atoms with Crippen molar-refractivity contribution in [2.24, 2.45) is 0 Å². The van der Waals surface area contributed by atoms with Crippen molar-refractivity contribution in [2.45, 2.75) is 0 Å². The molecule has 0 aliphatic rings. The quantitative estimate of drug-likeness (QED) is 0.481. The van der Waals surface area contributed by atoms with Gasteiger partial charge < -0.3 is 5.41 Å². The van der Waals surface area contributed by atoms with Crippen LogP contribution in [0.25, 0.3) is 16.7 Å². The molecule has 0 spiro atoms. The predicted molar refractivity (Wildman–Crippen MR) is 63.1 cm³/mol. The van der Waals surface area contributed by atoms with E-state index in [1.165, 1.54) is 4.68 Å². The van der Waals surface area contributed by atoms with Crippen LogP contribution in [-0.4, -0.2) is 11.1 Å². The summed E-state index contributed by atoms with van der Waals surface area (Å²) < 4.78 is 6.87. The first kappa shape index (κ1) is 11.3. The molecule has 17 heavy (non-hydrogen) atoms. The molecule has 0 saturated heterocycles. The Morgan fingerprint density at radius 2 is 2.12 bits per heavy atom. The third-order valence-corrected chi connectivity index (χ3v) is 2.73. The highest BCUT2D eigenvalue weighted by Gasteiger charge is 2.26. The van der Waals surface area contributed by atoms with Crippen molar-refractivity contribution in [3.63, 3.8) is 0 Å². The summed E-state index contributed by atoms with van der Waals surface area (Å²) in [5, 5.41) is 21.3. The van der Waals surface area contributed by atoms with Crippen LogP contribution in [0.4, 0.5) is 0 Å². The summed E-state index contributed by atoms with van der Waals surface area (Å²) in [6, 6.07) is 11.0. The van der Waals surface area contributed by atoms with E-state index in [1.807, 2.05) is 30.3 Å². The third kappa shape index (κ3) is 2.02. The zero-order valence-corrected chi connectivity index (χ0v) is 10.0. The summed E-state index contributed by atoms with van der Waals surface area (Å²) in [4.78, 5) is 0. The van der Waals surface area contributed by atoms with E-state index in [2.05, 4.69) is 21.2 Å². The molecule has 2 rings (SSSR count). The molecule has 0 amide bonds. The van der Waals surface area contributed by atoms with Crippen LogP contribution in [-0.2, 0) is 0 Å². The smallest absolute Gasteiger partial charge is 0.331 e. The molecule has 5 nitrogen and oxygen atoms in total. The molecular formula is C11H5BrN4O. The van der Waals surface area contributed by atoms with Gasteiger partial charge >= 0.3 is 4.60 Å². The van der Waals surface area contributed by atoms with Crippen molar-refractivity contribution in [3.8, 4) is 11.8 Å². The first-order chi connectivity index (χ1) is 8.27. The van der Waals surface area contributed by atoms with Gasteiger partial charge in [-0.05, 0) is 0 Å². The number of allylic oxidation sites excluding steroid dienone is 1. The number of rotatable bonds is 2. The maximum Gasteiger partial charge on any atom is 0.331 e. The molecule has 1 heterocycles. The Labute approximate surface area is 105 Å². The minimum atomic E-state index is -0.126. The van der Waals surface area contributed by atoms with Crippen LogP contribution in [0, 0.1) is 11.3 Å². The monoisotopic (exact) mass is 288 g/mol. The van der Waals surface area contributed by atoms with Crippen LogP contribution in [0.5, 0.6) is 0 Å². The highest BCUT2D eigenvalue weighted by atomic mass is 79.9. The molecular weight excluding hydrogens is 284 g/mol. The molecule has 1 aromatic carbocycles. The number of nitrogens with zero attached hydrogens (tertiary/aromatic N) is 4. The number of para-hydroxylation sites is 1. The zero-order chi connectivity index (χ0) is 12.3. The summed E-state index contributed by atoms with van der Waals surface area (Å²) in [5.41, 5.74) is 0.642. The summed E-state index contributed by atoms with van der Waals surface area (Å²) in [5.74, 6) is 1.88. The van der Waals surface area contributed by atoms with Crippen LogP contribution in [0.15, 0.2) is 39.5 Å². The second-order valence-corrected chi connectivity index (χ2v) is 3.79. The van der Waals surface area contributed by atoms with E-state index in [0.29, 0.717) is 4.60 Å². The van der Waals surface area contributed by atoms with E-state index in [1.54, 1.807) is 11.9 Å². The number of halogens is 1. The molecule has 0 fully saturated rings. The van der Waals surface area contributed by atoms with Gasteiger partial charge in [0.15, 0.2) is 0 Å². The third-order valence-electron chi connectivity index (χ3n) is 2.04. The fourth-order valence-corrected chi connectivity index (χ4v) is 1.80. The molecule has 0 atom stereocenters. The highest BCUT2D eigenvalue weighted by Crippen LogP contribution is 2.19. The van der Waals surface area contributed by atoms with Crippen LogP contribution < -0.4 is 4.68 Å². The predicted octanol–water partition coefficient (Wildman–Crippen LogP) is 1.86. The van der Waals surface area contributed by atoms with Crippen LogP contribution in [0.2, 0.25) is 0 Å². The van der Waals surface area contributed by atoms with Gasteiger partial charge in [-0.15, -0.1) is 0 Å². The second-order valence-electron chi connectivity index (χ2n) is 3.04. The van der Waals surface area contributed by atoms with Crippen molar-refractivity contribution in [1.29, 1.82) is 5.26 Å². The minimum Gasteiger partial charge on any atom is -0.762 e. The minimum absolute atomic E-state index is 0.124. The number of nitriles is 1. The molecule has 1 aromatic heterocycles. The van der Waals surface area contributed by atoms with E-state index >= 15 is 0 Å². The van der Waals surface area contributed by atoms with Crippen molar-refractivity contribution < 1.29 is 9.20 Å². The number of hydrogen-bond acceptors (Lipinski definition) is 3. The standard InChI is InChI=1S/C11H5BrN4O/c12-11-10(8(6-13)7-14)17-15-16(11)9-4-2-1-3-5-9/h1-5H. The van der Waals surface area contributed by atoms with Gasteiger partial charge in [0.05, 0.1) is 0 Å². The molecule has 2 aromatic rings. The molecule has 0 radical (unpaired) electrons. The Morgan fingerprint density at radius 3 is 2.71 bits per heavy atom. The maximum absolute atomic E-state index is 8.76. The van der Waals surface area contributed by atoms with E-state index in [9.17, 15) is 0 Å². The Bertz CT molecular complexity index is 635. The molecule has 82 valence electrons. The number of aromatic nitrogens is 2. The zero-order valence-electron chi connectivity index (χ0n) is 8.46. The number of benzene rings is 1. The Hall–Kier alpha value is -2.22. The lowest BCUT2D eigenvalue weighted by Crippen LogP contribution is -2.33. The van der Waals surface area contributed by atoms with Gasteiger partial charge in [0.2, 0.25) is 11.0 Å². The summed E-state index contributed by atoms with van der Waals surface area (Å²) in [6.07, 6.45) is 0. The van der Waals surface area contributed by atoms with Crippen molar-refractivity contribution in [3.05, 3.63) is 46.1 Å². The first-order valence-electron chi connectivity index (χ1n) is 4.58. The summed E-state index contributed by atoms with van der Waals surface area (Å²) >= 11 is 3.25. The fraction of sp³-hybridized carbons (Fsp3) is 0. The first-order valence-corrected chi connectivity index (χ1v) is 5.37. The Morgan fingerprint density at radius 1 is 1.41 bits per heavy atom. The average molecular weight is 289 g/mol. The maximum atomic E-state index is 8.76. The second kappa shape index (κ2) is 4.74. The topological polar surface area (TPSA) is 76.0 Å². The summed E-state index contributed by atoms with van der Waals surface area (Å²) in [6.45, 7) is 0. The van der Waals surface area contributed by atoms with E-state index < -0.39 is 0 Å². The van der Waals surface area contributed by atoms with Crippen LogP contribution >= 0.6 is 15.9 Å². The lowest BCUT2D eigenvalue weighted by Gasteiger charge is -1.88. The van der Waals surface area contributed by atoms with Gasteiger partial charge in [-0.25, -0.2) is 5.87 Å². The molecule has 0 saturated carbocycles. The van der Waals surface area contributed by atoms with Gasteiger partial charge in [0.1, 0.15) is 11.6 Å². The van der Waals surface area contributed by atoms with Gasteiger partial charge in [-0.3, -0.25) is 4.52 Å². The van der Waals surface area contributed by atoms with E-state index in [0.717, 1.165) is 5.69 Å². The van der Waals surface area contributed by atoms with Crippen LogP contribution in [0.1, 0.15) is 5.76 Å². The average Bonchev–Trinajstić information content (AvgIpc) is 2.75. The molecule has 6 heteroatoms. The van der Waals surface area contributed by atoms with Crippen molar-refractivity contribution >= 4 is 27.4 Å². The summed E-state index contributed by atoms with van der Waals surface area (Å²) in [7, 11) is 0. The Kier molecular flexibility index (Phi) is 3.15. The van der Waals surface area contributed by atoms with Gasteiger partial charge in [-0.2, -0.15) is 5.26 Å². The van der Waals surface area contributed by atoms with Crippen molar-refractivity contribution in [1.82, 2.24) is 5.27 Å². The van der Waals surface area contributed by atoms with Crippen molar-refractivity contribution in [2.75, 3.05) is 0 Å². The lowest BCUT2D eigenvalue weighted by atomic mass is 10.3. The molecule has 0 aliphatic carbocycles. The number of hydrogen-bond donors (Lipinski definition) is 0. The van der Waals surface area contributed by atoms with E-state index in [4.69, 9.17) is 15.2 Å². The molecule has 0 N–H and O–H groups in total. The molecule has 0 aliphatic heterocycles. The Balaban J connectivity index is 2.55. The largest absolute Gasteiger partial charge is 0.762 e. The van der Waals surface area contributed by atoms with Crippen LogP contribution in [0.3, 0.4) is 0 Å². The lowest BCUT2D eigenvalue weighted by molar-refractivity contribution is -0.680. The van der Waals surface area contributed by atoms with E-state index in [-0.39, 0.29) is 11.3 Å². The normalized spacial score (nSPS) is 9.41. The van der Waals surface area contributed by atoms with Gasteiger partial charge in [-0.1, -0.05) is 18.2 Å². The molecule has 0 bridgehead atoms. The van der Waals surface area contributed by atoms with Gasteiger partial charge in [0.25, 0.3) is 5.76 Å². The van der Waals surface area contributed by atoms with Gasteiger partial charge in [0, 0.05) is 32.7 Å². The highest BCUT2D eigenvalue weighted by molar-refractivity contribution is 9.10. The molecule has 0 unspecified atom stereocenters. The SMILES string of the molecule is N#CC(=C=[N-])c1on[n+](-c2ccccc2)c1Br. The fourth-order valence-electron chi connectivity index (χ4n) is 1.26.